The summed E-state index contributed by atoms with van der Waals surface area (Å²) in [7, 11) is 1.62. The molecule has 116 valence electrons. The van der Waals surface area contributed by atoms with Crippen molar-refractivity contribution in [1.29, 1.82) is 0 Å². The second kappa shape index (κ2) is 6.75. The van der Waals surface area contributed by atoms with Gasteiger partial charge in [-0.05, 0) is 23.8 Å². The number of ether oxygens (including phenoxy) is 1. The van der Waals surface area contributed by atoms with E-state index in [1.165, 1.54) is 11.6 Å². The first-order valence-electron chi connectivity index (χ1n) is 7.47. The molecule has 2 heterocycles. The highest BCUT2D eigenvalue weighted by Crippen LogP contribution is 2.21. The van der Waals surface area contributed by atoms with Crippen LogP contribution in [0.4, 0.5) is 10.1 Å². The molecule has 0 atom stereocenters. The van der Waals surface area contributed by atoms with E-state index < -0.39 is 0 Å². The lowest BCUT2D eigenvalue weighted by Gasteiger charge is -2.36. The van der Waals surface area contributed by atoms with E-state index in [0.29, 0.717) is 11.6 Å². The molecule has 1 aliphatic heterocycles. The number of hydrogen-bond donors (Lipinski definition) is 0. The van der Waals surface area contributed by atoms with Gasteiger partial charge in [0.25, 0.3) is 0 Å². The van der Waals surface area contributed by atoms with E-state index in [2.05, 4.69) is 14.8 Å². The van der Waals surface area contributed by atoms with Gasteiger partial charge in [-0.15, -0.1) is 0 Å². The zero-order valence-electron chi connectivity index (χ0n) is 12.7. The molecule has 0 unspecified atom stereocenters. The predicted molar refractivity (Wildman–Crippen MR) is 84.7 cm³/mol. The third kappa shape index (κ3) is 3.36. The number of hydrogen-bond acceptors (Lipinski definition) is 4. The summed E-state index contributed by atoms with van der Waals surface area (Å²) in [6, 6.07) is 10.9. The molecule has 4 nitrogen and oxygen atoms in total. The van der Waals surface area contributed by atoms with Crippen LogP contribution in [-0.4, -0.2) is 43.2 Å². The fourth-order valence-electron chi connectivity index (χ4n) is 2.77. The van der Waals surface area contributed by atoms with Gasteiger partial charge in [-0.2, -0.15) is 0 Å². The number of benzene rings is 1. The van der Waals surface area contributed by atoms with E-state index in [0.717, 1.165) is 32.7 Å². The van der Waals surface area contributed by atoms with Crippen LogP contribution in [0.2, 0.25) is 0 Å². The Morgan fingerprint density at radius 2 is 1.91 bits per heavy atom. The molecule has 1 aliphatic rings. The van der Waals surface area contributed by atoms with Crippen molar-refractivity contribution >= 4 is 5.69 Å². The monoisotopic (exact) mass is 301 g/mol. The van der Waals surface area contributed by atoms with Crippen molar-refractivity contribution < 1.29 is 9.13 Å². The van der Waals surface area contributed by atoms with Crippen molar-refractivity contribution in [2.24, 2.45) is 0 Å². The van der Waals surface area contributed by atoms with Crippen molar-refractivity contribution in [3.8, 4) is 5.88 Å². The number of anilines is 1. The largest absolute Gasteiger partial charge is 0.481 e. The molecule has 0 saturated carbocycles. The maximum absolute atomic E-state index is 13.8. The van der Waals surface area contributed by atoms with Gasteiger partial charge < -0.3 is 9.64 Å². The Morgan fingerprint density at radius 3 is 2.64 bits per heavy atom. The van der Waals surface area contributed by atoms with Crippen LogP contribution in [0.15, 0.2) is 42.6 Å². The highest BCUT2D eigenvalue weighted by Gasteiger charge is 2.19. The van der Waals surface area contributed by atoms with Gasteiger partial charge >= 0.3 is 0 Å². The van der Waals surface area contributed by atoms with Gasteiger partial charge in [0.2, 0.25) is 5.88 Å². The lowest BCUT2D eigenvalue weighted by Crippen LogP contribution is -2.46. The minimum absolute atomic E-state index is 0.144. The lowest BCUT2D eigenvalue weighted by atomic mass is 10.2. The summed E-state index contributed by atoms with van der Waals surface area (Å²) in [5.41, 5.74) is 1.89. The molecule has 2 aromatic rings. The average molecular weight is 301 g/mol. The zero-order valence-corrected chi connectivity index (χ0v) is 12.7. The van der Waals surface area contributed by atoms with Gasteiger partial charge in [0.1, 0.15) is 5.82 Å². The summed E-state index contributed by atoms with van der Waals surface area (Å²) in [5.74, 6) is 0.498. The van der Waals surface area contributed by atoms with E-state index in [4.69, 9.17) is 4.74 Å². The zero-order chi connectivity index (χ0) is 15.4. The first-order chi connectivity index (χ1) is 10.8. The van der Waals surface area contributed by atoms with E-state index >= 15 is 0 Å². The number of halogens is 1. The second-order valence-electron chi connectivity index (χ2n) is 5.42. The molecule has 1 fully saturated rings. The summed E-state index contributed by atoms with van der Waals surface area (Å²) in [6.07, 6.45) is 1.77. The van der Waals surface area contributed by atoms with Crippen LogP contribution in [0, 0.1) is 5.82 Å². The van der Waals surface area contributed by atoms with Gasteiger partial charge in [-0.1, -0.05) is 12.1 Å². The van der Waals surface area contributed by atoms with Crippen molar-refractivity contribution in [2.75, 3.05) is 38.2 Å². The summed E-state index contributed by atoms with van der Waals surface area (Å²) in [4.78, 5) is 8.60. The highest BCUT2D eigenvalue weighted by molar-refractivity contribution is 5.48. The van der Waals surface area contributed by atoms with Gasteiger partial charge in [0.05, 0.1) is 12.8 Å². The molecule has 0 spiro atoms. The smallest absolute Gasteiger partial charge is 0.213 e. The third-order valence-electron chi connectivity index (χ3n) is 3.98. The highest BCUT2D eigenvalue weighted by atomic mass is 19.1. The van der Waals surface area contributed by atoms with Crippen LogP contribution < -0.4 is 9.64 Å². The number of pyridine rings is 1. The number of methoxy groups -OCH3 is 1. The summed E-state index contributed by atoms with van der Waals surface area (Å²) in [5, 5.41) is 0. The van der Waals surface area contributed by atoms with Crippen molar-refractivity contribution in [3.05, 3.63) is 54.0 Å². The van der Waals surface area contributed by atoms with Crippen LogP contribution in [0.1, 0.15) is 5.56 Å². The molecular formula is C17H20FN3O. The van der Waals surface area contributed by atoms with Crippen molar-refractivity contribution in [3.63, 3.8) is 0 Å². The van der Waals surface area contributed by atoms with Crippen LogP contribution >= 0.6 is 0 Å². The fraction of sp³-hybridized carbons (Fsp3) is 0.353. The fourth-order valence-corrected chi connectivity index (χ4v) is 2.77. The minimum Gasteiger partial charge on any atom is -0.481 e. The Kier molecular flexibility index (Phi) is 4.53. The molecule has 1 aromatic heterocycles. The minimum atomic E-state index is -0.144. The van der Waals surface area contributed by atoms with Gasteiger partial charge in [0.15, 0.2) is 0 Å². The van der Waals surface area contributed by atoms with Crippen LogP contribution in [0.25, 0.3) is 0 Å². The number of aromatic nitrogens is 1. The average Bonchev–Trinajstić information content (AvgIpc) is 2.56. The molecule has 1 saturated heterocycles. The number of rotatable bonds is 4. The Bertz CT molecular complexity index is 627. The van der Waals surface area contributed by atoms with Crippen LogP contribution in [-0.2, 0) is 6.54 Å². The van der Waals surface area contributed by atoms with E-state index in [-0.39, 0.29) is 5.82 Å². The topological polar surface area (TPSA) is 28.6 Å². The molecule has 0 radical (unpaired) electrons. The normalized spacial score (nSPS) is 15.8. The van der Waals surface area contributed by atoms with E-state index in [1.807, 2.05) is 24.3 Å². The molecule has 0 amide bonds. The quantitative estimate of drug-likeness (QED) is 0.868. The first-order valence-corrected chi connectivity index (χ1v) is 7.47. The molecule has 3 rings (SSSR count). The second-order valence-corrected chi connectivity index (χ2v) is 5.42. The molecule has 22 heavy (non-hydrogen) atoms. The number of piperazine rings is 1. The standard InChI is InChI=1S/C17H20FN3O/c1-22-17-12-14(6-7-19-17)13-20-8-10-21(11-9-20)16-5-3-2-4-15(16)18/h2-7,12H,8-11,13H2,1H3. The van der Waals surface area contributed by atoms with E-state index in [1.54, 1.807) is 19.4 Å². The summed E-state index contributed by atoms with van der Waals surface area (Å²) >= 11 is 0. The molecule has 0 N–H and O–H groups in total. The Morgan fingerprint density at radius 1 is 1.14 bits per heavy atom. The lowest BCUT2D eigenvalue weighted by molar-refractivity contribution is 0.248. The number of para-hydroxylation sites is 1. The predicted octanol–water partition coefficient (Wildman–Crippen LogP) is 2.55. The van der Waals surface area contributed by atoms with Crippen LogP contribution in [0.3, 0.4) is 0 Å². The SMILES string of the molecule is COc1cc(CN2CCN(c3ccccc3F)CC2)ccn1. The number of nitrogens with zero attached hydrogens (tertiary/aromatic N) is 3. The Balaban J connectivity index is 1.59. The van der Waals surface area contributed by atoms with Crippen LogP contribution in [0.5, 0.6) is 5.88 Å². The van der Waals surface area contributed by atoms with Gasteiger partial charge in [0, 0.05) is 45.0 Å². The van der Waals surface area contributed by atoms with Crippen molar-refractivity contribution in [1.82, 2.24) is 9.88 Å². The molecule has 0 aliphatic carbocycles. The third-order valence-corrected chi connectivity index (χ3v) is 3.98. The molecule has 5 heteroatoms. The maximum Gasteiger partial charge on any atom is 0.213 e. The Labute approximate surface area is 130 Å². The molecular weight excluding hydrogens is 281 g/mol. The Hall–Kier alpha value is -2.14. The maximum atomic E-state index is 13.8. The van der Waals surface area contributed by atoms with Crippen molar-refractivity contribution in [2.45, 2.75) is 6.54 Å². The van der Waals surface area contributed by atoms with E-state index in [9.17, 15) is 4.39 Å². The van der Waals surface area contributed by atoms with Gasteiger partial charge in [-0.25, -0.2) is 9.37 Å². The first kappa shape index (κ1) is 14.8. The summed E-state index contributed by atoms with van der Waals surface area (Å²) < 4.78 is 19.0. The molecule has 1 aromatic carbocycles. The molecule has 0 bridgehead atoms. The summed E-state index contributed by atoms with van der Waals surface area (Å²) in [6.45, 7) is 4.37. The van der Waals surface area contributed by atoms with Gasteiger partial charge in [-0.3, -0.25) is 4.90 Å².